The number of imide groups is 1. The van der Waals surface area contributed by atoms with Crippen molar-refractivity contribution in [2.24, 2.45) is 0 Å². The van der Waals surface area contributed by atoms with E-state index in [0.29, 0.717) is 10.6 Å². The molecule has 0 saturated heterocycles. The summed E-state index contributed by atoms with van der Waals surface area (Å²) in [5.74, 6) is 0.0185. The highest BCUT2D eigenvalue weighted by Crippen LogP contribution is 2.24. The van der Waals surface area contributed by atoms with E-state index in [1.54, 1.807) is 36.2 Å². The van der Waals surface area contributed by atoms with Crippen LogP contribution in [0.5, 0.6) is 0 Å². The van der Waals surface area contributed by atoms with Crippen molar-refractivity contribution in [1.82, 2.24) is 5.32 Å². The van der Waals surface area contributed by atoms with Crippen LogP contribution in [0.1, 0.15) is 34.6 Å². The lowest BCUT2D eigenvalue weighted by atomic mass is 10.2. The number of anilines is 1. The van der Waals surface area contributed by atoms with Crippen molar-refractivity contribution in [1.29, 1.82) is 0 Å². The highest BCUT2D eigenvalue weighted by atomic mass is 32.2. The molecule has 2 rings (SSSR count). The number of alkyl carbamates (subject to hydrolysis) is 1. The van der Waals surface area contributed by atoms with Gasteiger partial charge in [0.2, 0.25) is 0 Å². The van der Waals surface area contributed by atoms with Gasteiger partial charge in [0.15, 0.2) is 0 Å². The standard InChI is InChI=1S/C17H18N2O4S2/c1-3-23-17(22)19-15(21)13-9-10-25-16(13)18-14(20)11-5-7-12(8-6-11)24-4-2/h5-10H,3-4H2,1-2H3,(H,18,20)(H,19,21,22). The first-order valence-electron chi connectivity index (χ1n) is 7.65. The van der Waals surface area contributed by atoms with Crippen molar-refractivity contribution in [2.45, 2.75) is 18.7 Å². The fraction of sp³-hybridized carbons (Fsp3) is 0.235. The Morgan fingerprint density at radius 1 is 1.08 bits per heavy atom. The minimum Gasteiger partial charge on any atom is -0.450 e. The second-order valence-corrected chi connectivity index (χ2v) is 7.00. The van der Waals surface area contributed by atoms with Crippen LogP contribution < -0.4 is 10.6 Å². The zero-order valence-corrected chi connectivity index (χ0v) is 15.5. The van der Waals surface area contributed by atoms with E-state index in [9.17, 15) is 14.4 Å². The number of thioether (sulfide) groups is 1. The number of ether oxygens (including phenoxy) is 1. The Hall–Kier alpha value is -2.32. The largest absolute Gasteiger partial charge is 0.450 e. The van der Waals surface area contributed by atoms with Gasteiger partial charge < -0.3 is 10.1 Å². The minimum absolute atomic E-state index is 0.165. The fourth-order valence-electron chi connectivity index (χ4n) is 1.96. The van der Waals surface area contributed by atoms with Crippen molar-refractivity contribution in [2.75, 3.05) is 17.7 Å². The summed E-state index contributed by atoms with van der Waals surface area (Å²) in [7, 11) is 0. The van der Waals surface area contributed by atoms with Crippen molar-refractivity contribution in [3.05, 3.63) is 46.8 Å². The summed E-state index contributed by atoms with van der Waals surface area (Å²) >= 11 is 2.89. The van der Waals surface area contributed by atoms with Crippen LogP contribution in [0, 0.1) is 0 Å². The van der Waals surface area contributed by atoms with Crippen molar-refractivity contribution >= 4 is 46.0 Å². The molecule has 3 amide bonds. The fourth-order valence-corrected chi connectivity index (χ4v) is 3.40. The summed E-state index contributed by atoms with van der Waals surface area (Å²) in [5, 5.41) is 6.85. The van der Waals surface area contributed by atoms with Crippen LogP contribution >= 0.6 is 23.1 Å². The molecule has 8 heteroatoms. The van der Waals surface area contributed by atoms with Gasteiger partial charge in [-0.2, -0.15) is 0 Å². The summed E-state index contributed by atoms with van der Waals surface area (Å²) in [4.78, 5) is 36.9. The third-order valence-corrected chi connectivity index (χ3v) is 4.78. The highest BCUT2D eigenvalue weighted by Gasteiger charge is 2.18. The van der Waals surface area contributed by atoms with E-state index in [-0.39, 0.29) is 18.1 Å². The van der Waals surface area contributed by atoms with Gasteiger partial charge in [0.25, 0.3) is 11.8 Å². The quantitative estimate of drug-likeness (QED) is 0.742. The van der Waals surface area contributed by atoms with Crippen LogP contribution in [-0.4, -0.2) is 30.3 Å². The monoisotopic (exact) mass is 378 g/mol. The lowest BCUT2D eigenvalue weighted by Gasteiger charge is -2.07. The summed E-state index contributed by atoms with van der Waals surface area (Å²) < 4.78 is 4.68. The number of nitrogens with one attached hydrogen (secondary N) is 2. The molecule has 0 saturated carbocycles. The molecule has 0 spiro atoms. The summed E-state index contributed by atoms with van der Waals surface area (Å²) in [6.07, 6.45) is -0.819. The summed E-state index contributed by atoms with van der Waals surface area (Å²) in [5.41, 5.74) is 0.704. The number of rotatable bonds is 6. The molecule has 2 N–H and O–H groups in total. The van der Waals surface area contributed by atoms with Gasteiger partial charge >= 0.3 is 6.09 Å². The van der Waals surface area contributed by atoms with Gasteiger partial charge in [0.1, 0.15) is 5.00 Å². The third kappa shape index (κ3) is 5.33. The predicted octanol–water partition coefficient (Wildman–Crippen LogP) is 4.00. The van der Waals surface area contributed by atoms with E-state index >= 15 is 0 Å². The number of benzene rings is 1. The first-order chi connectivity index (χ1) is 12.0. The average molecular weight is 378 g/mol. The Balaban J connectivity index is 2.05. The number of thiophene rings is 1. The van der Waals surface area contributed by atoms with E-state index in [0.717, 1.165) is 10.6 Å². The SMILES string of the molecule is CCOC(=O)NC(=O)c1ccsc1NC(=O)c1ccc(SCC)cc1. The Morgan fingerprint density at radius 3 is 2.44 bits per heavy atom. The van der Waals surface area contributed by atoms with Crippen LogP contribution in [0.3, 0.4) is 0 Å². The van der Waals surface area contributed by atoms with Crippen LogP contribution in [0.2, 0.25) is 0 Å². The molecule has 132 valence electrons. The molecule has 0 bridgehead atoms. The maximum absolute atomic E-state index is 12.3. The van der Waals surface area contributed by atoms with Crippen molar-refractivity contribution in [3.8, 4) is 0 Å². The topological polar surface area (TPSA) is 84.5 Å². The van der Waals surface area contributed by atoms with Gasteiger partial charge in [0, 0.05) is 10.5 Å². The Morgan fingerprint density at radius 2 is 1.80 bits per heavy atom. The van der Waals surface area contributed by atoms with Gasteiger partial charge in [-0.05, 0) is 48.4 Å². The van der Waals surface area contributed by atoms with Gasteiger partial charge in [-0.3, -0.25) is 14.9 Å². The van der Waals surface area contributed by atoms with Gasteiger partial charge in [0.05, 0.1) is 12.2 Å². The van der Waals surface area contributed by atoms with Crippen LogP contribution in [-0.2, 0) is 4.74 Å². The molecule has 0 aliphatic rings. The zero-order valence-electron chi connectivity index (χ0n) is 13.8. The van der Waals surface area contributed by atoms with E-state index in [2.05, 4.69) is 22.3 Å². The maximum atomic E-state index is 12.3. The second-order valence-electron chi connectivity index (χ2n) is 4.75. The molecule has 2 aromatic rings. The summed E-state index contributed by atoms with van der Waals surface area (Å²) in [6.45, 7) is 3.87. The van der Waals surface area contributed by atoms with Crippen LogP contribution in [0.25, 0.3) is 0 Å². The highest BCUT2D eigenvalue weighted by molar-refractivity contribution is 7.99. The second kappa shape index (κ2) is 9.24. The zero-order chi connectivity index (χ0) is 18.2. The first kappa shape index (κ1) is 19.0. The molecule has 0 atom stereocenters. The van der Waals surface area contributed by atoms with Gasteiger partial charge in [-0.15, -0.1) is 23.1 Å². The third-order valence-electron chi connectivity index (χ3n) is 3.06. The Kier molecular flexibility index (Phi) is 7.03. The minimum atomic E-state index is -0.819. The van der Waals surface area contributed by atoms with Crippen LogP contribution in [0.4, 0.5) is 9.80 Å². The number of carbonyl (C=O) groups is 3. The van der Waals surface area contributed by atoms with Crippen molar-refractivity contribution < 1.29 is 19.1 Å². The lowest BCUT2D eigenvalue weighted by molar-refractivity contribution is 0.0926. The average Bonchev–Trinajstić information content (AvgIpc) is 3.04. The molecule has 0 fully saturated rings. The van der Waals surface area contributed by atoms with Gasteiger partial charge in [-0.25, -0.2) is 4.79 Å². The first-order valence-corrected chi connectivity index (χ1v) is 9.51. The number of amides is 3. The Labute approximate surface area is 154 Å². The maximum Gasteiger partial charge on any atom is 0.414 e. The van der Waals surface area contributed by atoms with E-state index in [1.807, 2.05) is 12.1 Å². The predicted molar refractivity (Wildman–Crippen MR) is 99.6 cm³/mol. The molecule has 6 nitrogen and oxygen atoms in total. The molecular formula is C17H18N2O4S2. The smallest absolute Gasteiger partial charge is 0.414 e. The lowest BCUT2D eigenvalue weighted by Crippen LogP contribution is -2.31. The number of carbonyl (C=O) groups excluding carboxylic acids is 3. The molecule has 0 unspecified atom stereocenters. The number of hydrogen-bond acceptors (Lipinski definition) is 6. The number of hydrogen-bond donors (Lipinski definition) is 2. The van der Waals surface area contributed by atoms with E-state index in [1.165, 1.54) is 17.4 Å². The molecule has 0 aliphatic heterocycles. The van der Waals surface area contributed by atoms with E-state index in [4.69, 9.17) is 0 Å². The molecular weight excluding hydrogens is 360 g/mol. The molecule has 0 aliphatic carbocycles. The molecule has 25 heavy (non-hydrogen) atoms. The normalized spacial score (nSPS) is 10.2. The molecule has 1 heterocycles. The van der Waals surface area contributed by atoms with Crippen LogP contribution in [0.15, 0.2) is 40.6 Å². The summed E-state index contributed by atoms with van der Waals surface area (Å²) in [6, 6.07) is 8.77. The van der Waals surface area contributed by atoms with Gasteiger partial charge in [-0.1, -0.05) is 6.92 Å². The van der Waals surface area contributed by atoms with Crippen molar-refractivity contribution in [3.63, 3.8) is 0 Å². The Bertz CT molecular complexity index is 756. The molecule has 1 aromatic heterocycles. The molecule has 1 aromatic carbocycles. The van der Waals surface area contributed by atoms with E-state index < -0.39 is 12.0 Å². The molecule has 0 radical (unpaired) electrons.